The molecule has 1 aliphatic carbocycles. The molecule has 1 N–H and O–H groups in total. The summed E-state index contributed by atoms with van der Waals surface area (Å²) in [5, 5.41) is 9.39. The van der Waals surface area contributed by atoms with E-state index in [4.69, 9.17) is 0 Å². The topological polar surface area (TPSA) is 56.1 Å². The number of piperazine rings is 1. The van der Waals surface area contributed by atoms with Crippen LogP contribution in [-0.2, 0) is 4.79 Å². The summed E-state index contributed by atoms with van der Waals surface area (Å²) in [6.45, 7) is 3.33. The van der Waals surface area contributed by atoms with E-state index >= 15 is 0 Å². The van der Waals surface area contributed by atoms with Crippen molar-refractivity contribution in [2.45, 2.75) is 57.8 Å². The van der Waals surface area contributed by atoms with Crippen molar-refractivity contribution < 1.29 is 9.90 Å². The zero-order valence-corrected chi connectivity index (χ0v) is 14.0. The Hall–Kier alpha value is -1.52. The lowest BCUT2D eigenvalue weighted by molar-refractivity contribution is -0.132. The number of amidine groups is 1. The van der Waals surface area contributed by atoms with Gasteiger partial charge in [0.25, 0.3) is 0 Å². The van der Waals surface area contributed by atoms with Gasteiger partial charge in [-0.15, -0.1) is 0 Å². The molecule has 23 heavy (non-hydrogen) atoms. The van der Waals surface area contributed by atoms with Crippen molar-refractivity contribution >= 4 is 11.7 Å². The minimum Gasteiger partial charge on any atom is -0.511 e. The van der Waals surface area contributed by atoms with Gasteiger partial charge in [0.15, 0.2) is 0 Å². The smallest absolute Gasteiger partial charge is 0.222 e. The number of aliphatic imine (C=N–C) groups is 1. The van der Waals surface area contributed by atoms with Gasteiger partial charge in [-0.3, -0.25) is 4.79 Å². The fourth-order valence-corrected chi connectivity index (χ4v) is 3.93. The maximum Gasteiger partial charge on any atom is 0.222 e. The van der Waals surface area contributed by atoms with E-state index in [0.717, 1.165) is 57.2 Å². The highest BCUT2D eigenvalue weighted by molar-refractivity contribution is 5.84. The lowest BCUT2D eigenvalue weighted by Gasteiger charge is -2.37. The zero-order valence-electron chi connectivity index (χ0n) is 14.0. The Morgan fingerprint density at radius 1 is 1.13 bits per heavy atom. The SMILES string of the molecule is O=C(CCC1CCCCC1)N1CCN(C2=NC=C(O)CC2)CC1. The summed E-state index contributed by atoms with van der Waals surface area (Å²) < 4.78 is 0. The van der Waals surface area contributed by atoms with Crippen molar-refractivity contribution in [2.24, 2.45) is 10.9 Å². The summed E-state index contributed by atoms with van der Waals surface area (Å²) in [6, 6.07) is 0. The minimum absolute atomic E-state index is 0.332. The fourth-order valence-electron chi connectivity index (χ4n) is 3.93. The standard InChI is InChI=1S/C18H29N3O2/c22-16-7-8-17(19-14-16)20-10-12-21(13-11-20)18(23)9-6-15-4-2-1-3-5-15/h14-15,22H,1-13H2. The third kappa shape index (κ3) is 4.49. The van der Waals surface area contributed by atoms with Gasteiger partial charge in [-0.25, -0.2) is 4.99 Å². The van der Waals surface area contributed by atoms with E-state index in [2.05, 4.69) is 9.89 Å². The molecule has 3 rings (SSSR count). The Morgan fingerprint density at radius 3 is 2.52 bits per heavy atom. The van der Waals surface area contributed by atoms with Crippen LogP contribution in [0.2, 0.25) is 0 Å². The van der Waals surface area contributed by atoms with Crippen LogP contribution >= 0.6 is 0 Å². The number of allylic oxidation sites excluding steroid dienone is 1. The van der Waals surface area contributed by atoms with Crippen LogP contribution in [0.3, 0.4) is 0 Å². The highest BCUT2D eigenvalue weighted by Crippen LogP contribution is 2.27. The molecule has 2 aliphatic heterocycles. The lowest BCUT2D eigenvalue weighted by Crippen LogP contribution is -2.50. The average molecular weight is 319 g/mol. The maximum atomic E-state index is 12.4. The van der Waals surface area contributed by atoms with Crippen molar-refractivity contribution in [3.8, 4) is 0 Å². The summed E-state index contributed by atoms with van der Waals surface area (Å²) in [5.74, 6) is 2.53. The van der Waals surface area contributed by atoms with Crippen molar-refractivity contribution in [2.75, 3.05) is 26.2 Å². The molecular formula is C18H29N3O2. The van der Waals surface area contributed by atoms with E-state index in [1.165, 1.54) is 32.1 Å². The van der Waals surface area contributed by atoms with Crippen LogP contribution in [0.5, 0.6) is 0 Å². The number of hydrogen-bond acceptors (Lipinski definition) is 4. The molecule has 0 aromatic carbocycles. The predicted molar refractivity (Wildman–Crippen MR) is 91.3 cm³/mol. The number of amides is 1. The molecular weight excluding hydrogens is 290 g/mol. The van der Waals surface area contributed by atoms with E-state index in [-0.39, 0.29) is 0 Å². The normalized spacial score (nSPS) is 23.5. The molecule has 3 aliphatic rings. The summed E-state index contributed by atoms with van der Waals surface area (Å²) in [5.41, 5.74) is 0. The van der Waals surface area contributed by atoms with Crippen LogP contribution in [0, 0.1) is 5.92 Å². The first-order valence-electron chi connectivity index (χ1n) is 9.20. The van der Waals surface area contributed by atoms with E-state index in [1.54, 1.807) is 6.20 Å². The van der Waals surface area contributed by atoms with Gasteiger partial charge in [0.2, 0.25) is 5.91 Å². The molecule has 5 heteroatoms. The lowest BCUT2D eigenvalue weighted by atomic mass is 9.86. The second kappa shape index (κ2) is 7.84. The monoisotopic (exact) mass is 319 g/mol. The third-order valence-corrected chi connectivity index (χ3v) is 5.46. The van der Waals surface area contributed by atoms with E-state index in [1.807, 2.05) is 4.90 Å². The molecule has 0 unspecified atom stereocenters. The van der Waals surface area contributed by atoms with Gasteiger partial charge in [0, 0.05) is 45.4 Å². The fraction of sp³-hybridized carbons (Fsp3) is 0.778. The molecule has 0 aromatic rings. The van der Waals surface area contributed by atoms with Gasteiger partial charge in [-0.05, 0) is 12.3 Å². The summed E-state index contributed by atoms with van der Waals surface area (Å²) in [6.07, 6.45) is 11.6. The Balaban J connectivity index is 1.40. The number of carbonyl (C=O) groups excluding carboxylic acids is 1. The van der Waals surface area contributed by atoms with Crippen LogP contribution < -0.4 is 0 Å². The summed E-state index contributed by atoms with van der Waals surface area (Å²) in [4.78, 5) is 21.0. The van der Waals surface area contributed by atoms with E-state index in [0.29, 0.717) is 18.1 Å². The molecule has 0 aromatic heterocycles. The quantitative estimate of drug-likeness (QED) is 0.869. The second-order valence-corrected chi connectivity index (χ2v) is 7.08. The van der Waals surface area contributed by atoms with Gasteiger partial charge in [-0.2, -0.15) is 0 Å². The third-order valence-electron chi connectivity index (χ3n) is 5.46. The Kier molecular flexibility index (Phi) is 5.57. The number of aliphatic hydroxyl groups is 1. The molecule has 1 saturated carbocycles. The Bertz CT molecular complexity index is 473. The van der Waals surface area contributed by atoms with Gasteiger partial charge in [0.05, 0.1) is 6.20 Å². The van der Waals surface area contributed by atoms with E-state index in [9.17, 15) is 9.90 Å². The minimum atomic E-state index is 0.332. The summed E-state index contributed by atoms with van der Waals surface area (Å²) >= 11 is 0. The number of rotatable bonds is 3. The van der Waals surface area contributed by atoms with Gasteiger partial charge in [-0.1, -0.05) is 32.1 Å². The number of aliphatic hydroxyl groups excluding tert-OH is 1. The second-order valence-electron chi connectivity index (χ2n) is 7.08. The molecule has 0 atom stereocenters. The molecule has 1 amide bonds. The molecule has 0 radical (unpaired) electrons. The van der Waals surface area contributed by atoms with Crippen molar-refractivity contribution in [3.63, 3.8) is 0 Å². The molecule has 0 bridgehead atoms. The van der Waals surface area contributed by atoms with Crippen LogP contribution in [0.1, 0.15) is 57.8 Å². The molecule has 128 valence electrons. The molecule has 2 heterocycles. The number of carbonyl (C=O) groups is 1. The van der Waals surface area contributed by atoms with Gasteiger partial charge in [0.1, 0.15) is 11.6 Å². The molecule has 5 nitrogen and oxygen atoms in total. The Morgan fingerprint density at radius 2 is 1.87 bits per heavy atom. The van der Waals surface area contributed by atoms with Gasteiger partial charge >= 0.3 is 0 Å². The van der Waals surface area contributed by atoms with Crippen molar-refractivity contribution in [1.82, 2.24) is 9.80 Å². The Labute approximate surface area is 139 Å². The van der Waals surface area contributed by atoms with Crippen molar-refractivity contribution in [1.29, 1.82) is 0 Å². The average Bonchev–Trinajstić information content (AvgIpc) is 2.61. The van der Waals surface area contributed by atoms with E-state index < -0.39 is 0 Å². The molecule has 1 saturated heterocycles. The highest BCUT2D eigenvalue weighted by atomic mass is 16.3. The first-order valence-corrected chi connectivity index (χ1v) is 9.20. The first-order chi connectivity index (χ1) is 11.2. The first kappa shape index (κ1) is 16.3. The number of nitrogens with zero attached hydrogens (tertiary/aromatic N) is 3. The van der Waals surface area contributed by atoms with Crippen LogP contribution in [0.15, 0.2) is 17.0 Å². The molecule has 2 fully saturated rings. The predicted octanol–water partition coefficient (Wildman–Crippen LogP) is 3.08. The molecule has 0 spiro atoms. The zero-order chi connectivity index (χ0) is 16.1. The summed E-state index contributed by atoms with van der Waals surface area (Å²) in [7, 11) is 0. The van der Waals surface area contributed by atoms with Gasteiger partial charge < -0.3 is 14.9 Å². The van der Waals surface area contributed by atoms with Crippen molar-refractivity contribution in [3.05, 3.63) is 12.0 Å². The van der Waals surface area contributed by atoms with Crippen LogP contribution in [-0.4, -0.2) is 52.8 Å². The van der Waals surface area contributed by atoms with Crippen LogP contribution in [0.25, 0.3) is 0 Å². The number of hydrogen-bond donors (Lipinski definition) is 1. The maximum absolute atomic E-state index is 12.4. The van der Waals surface area contributed by atoms with Crippen LogP contribution in [0.4, 0.5) is 0 Å². The largest absolute Gasteiger partial charge is 0.511 e. The highest BCUT2D eigenvalue weighted by Gasteiger charge is 2.24.